The molecule has 0 amide bonds. The lowest BCUT2D eigenvalue weighted by Crippen LogP contribution is -2.42. The molecule has 0 aliphatic carbocycles. The first kappa shape index (κ1) is 21.1. The van der Waals surface area contributed by atoms with Gasteiger partial charge in [-0.2, -0.15) is 9.98 Å². The number of carbonyl (C=O) groups excluding carboxylic acids is 2. The molecule has 1 atom stereocenters. The third kappa shape index (κ3) is 5.40. The molecule has 0 saturated heterocycles. The Labute approximate surface area is 164 Å². The van der Waals surface area contributed by atoms with Gasteiger partial charge < -0.3 is 9.47 Å². The first-order chi connectivity index (χ1) is 13.4. The van der Waals surface area contributed by atoms with Crippen molar-refractivity contribution in [2.45, 2.75) is 33.8 Å². The Morgan fingerprint density at radius 1 is 0.893 bits per heavy atom. The smallest absolute Gasteiger partial charge is 0.240 e. The molecule has 2 rings (SSSR count). The van der Waals surface area contributed by atoms with Gasteiger partial charge in [0.05, 0.1) is 6.61 Å². The van der Waals surface area contributed by atoms with Crippen LogP contribution in [0.1, 0.15) is 27.7 Å². The fourth-order valence-corrected chi connectivity index (χ4v) is 3.10. The van der Waals surface area contributed by atoms with Crippen LogP contribution in [0, 0.1) is 11.3 Å². The first-order valence-corrected chi connectivity index (χ1v) is 9.02. The van der Waals surface area contributed by atoms with Crippen molar-refractivity contribution in [1.82, 2.24) is 0 Å². The second-order valence-electron chi connectivity index (χ2n) is 7.40. The van der Waals surface area contributed by atoms with Crippen LogP contribution in [0.5, 0.6) is 11.5 Å². The van der Waals surface area contributed by atoms with Crippen LogP contribution in [0.2, 0.25) is 0 Å². The second kappa shape index (κ2) is 9.65. The predicted octanol–water partition coefficient (Wildman–Crippen LogP) is 5.13. The zero-order chi connectivity index (χ0) is 20.6. The normalized spacial score (nSPS) is 11.9. The summed E-state index contributed by atoms with van der Waals surface area (Å²) >= 11 is 0. The maximum atomic E-state index is 10.7. The van der Waals surface area contributed by atoms with E-state index in [-0.39, 0.29) is 12.0 Å². The number of para-hydroxylation sites is 4. The summed E-state index contributed by atoms with van der Waals surface area (Å²) in [4.78, 5) is 28.7. The van der Waals surface area contributed by atoms with E-state index in [0.29, 0.717) is 29.5 Å². The van der Waals surface area contributed by atoms with E-state index in [1.54, 1.807) is 48.6 Å². The summed E-state index contributed by atoms with van der Waals surface area (Å²) in [7, 11) is 0. The van der Waals surface area contributed by atoms with E-state index in [9.17, 15) is 9.59 Å². The van der Waals surface area contributed by atoms with Crippen LogP contribution >= 0.6 is 0 Å². The van der Waals surface area contributed by atoms with Gasteiger partial charge in [-0.15, -0.1) is 0 Å². The number of nitrogens with zero attached hydrogens (tertiary/aromatic N) is 2. The summed E-state index contributed by atoms with van der Waals surface area (Å²) in [5.74, 6) is 1.19. The quantitative estimate of drug-likeness (QED) is 0.446. The summed E-state index contributed by atoms with van der Waals surface area (Å²) in [6.07, 6.45) is 2.88. The third-order valence-electron chi connectivity index (χ3n) is 4.29. The largest absolute Gasteiger partial charge is 0.491 e. The minimum atomic E-state index is -0.399. The van der Waals surface area contributed by atoms with Crippen LogP contribution in [0.4, 0.5) is 11.4 Å². The highest BCUT2D eigenvalue weighted by Crippen LogP contribution is 2.36. The summed E-state index contributed by atoms with van der Waals surface area (Å²) in [6, 6.07) is 14.1. The van der Waals surface area contributed by atoms with Crippen molar-refractivity contribution in [2.75, 3.05) is 6.61 Å². The van der Waals surface area contributed by atoms with E-state index in [2.05, 4.69) is 23.8 Å². The molecule has 28 heavy (non-hydrogen) atoms. The molecule has 0 aliphatic heterocycles. The molecule has 1 unspecified atom stereocenters. The molecule has 6 heteroatoms. The van der Waals surface area contributed by atoms with E-state index >= 15 is 0 Å². The van der Waals surface area contributed by atoms with Gasteiger partial charge in [0.15, 0.2) is 0 Å². The first-order valence-electron chi connectivity index (χ1n) is 9.02. The van der Waals surface area contributed by atoms with Crippen LogP contribution in [0.15, 0.2) is 58.5 Å². The molecule has 0 radical (unpaired) electrons. The lowest BCUT2D eigenvalue weighted by atomic mass is 9.81. The van der Waals surface area contributed by atoms with Gasteiger partial charge in [0, 0.05) is 5.41 Å². The molecular formula is C22H24N2O4. The molecule has 0 saturated carbocycles. The minimum absolute atomic E-state index is 0.162. The van der Waals surface area contributed by atoms with Crippen molar-refractivity contribution in [1.29, 1.82) is 0 Å². The number of hydrogen-bond acceptors (Lipinski definition) is 6. The van der Waals surface area contributed by atoms with Gasteiger partial charge >= 0.3 is 0 Å². The lowest BCUT2D eigenvalue weighted by Gasteiger charge is -2.37. The van der Waals surface area contributed by atoms with E-state index in [1.165, 1.54) is 0 Å². The number of benzene rings is 2. The Kier molecular flexibility index (Phi) is 7.28. The predicted molar refractivity (Wildman–Crippen MR) is 107 cm³/mol. The fraction of sp³-hybridized carbons (Fsp3) is 0.364. The Morgan fingerprint density at radius 3 is 1.93 bits per heavy atom. The van der Waals surface area contributed by atoms with Crippen molar-refractivity contribution < 1.29 is 19.1 Å². The molecule has 0 heterocycles. The van der Waals surface area contributed by atoms with Crippen LogP contribution in [0.3, 0.4) is 0 Å². The minimum Gasteiger partial charge on any atom is -0.491 e. The number of isocyanates is 2. The summed E-state index contributed by atoms with van der Waals surface area (Å²) in [5.41, 5.74) is 0.469. The Bertz CT molecular complexity index is 895. The van der Waals surface area contributed by atoms with Gasteiger partial charge in [0.25, 0.3) is 0 Å². The van der Waals surface area contributed by atoms with Crippen LogP contribution < -0.4 is 9.47 Å². The van der Waals surface area contributed by atoms with Crippen molar-refractivity contribution >= 4 is 23.5 Å². The van der Waals surface area contributed by atoms with Gasteiger partial charge in [-0.25, -0.2) is 9.59 Å². The summed E-state index contributed by atoms with van der Waals surface area (Å²) < 4.78 is 12.2. The molecule has 146 valence electrons. The summed E-state index contributed by atoms with van der Waals surface area (Å²) in [6.45, 7) is 8.52. The molecule has 0 aliphatic rings. The lowest BCUT2D eigenvalue weighted by molar-refractivity contribution is 0.00473. The van der Waals surface area contributed by atoms with Crippen molar-refractivity contribution in [3.8, 4) is 11.5 Å². The number of ether oxygens (including phenoxy) is 2. The number of hydrogen-bond donors (Lipinski definition) is 0. The molecule has 0 N–H and O–H groups in total. The molecule has 6 nitrogen and oxygen atoms in total. The SMILES string of the molecule is CC(C)C(Oc1ccccc1N=C=O)C(C)(C)COc1ccccc1N=C=O. The van der Waals surface area contributed by atoms with Crippen LogP contribution in [0.25, 0.3) is 0 Å². The van der Waals surface area contributed by atoms with Crippen LogP contribution in [-0.2, 0) is 9.59 Å². The van der Waals surface area contributed by atoms with Gasteiger partial charge in [-0.3, -0.25) is 0 Å². The number of aliphatic imine (C=N–C) groups is 2. The third-order valence-corrected chi connectivity index (χ3v) is 4.29. The van der Waals surface area contributed by atoms with Gasteiger partial charge in [-0.05, 0) is 30.2 Å². The molecule has 2 aromatic rings. The van der Waals surface area contributed by atoms with Crippen LogP contribution in [-0.4, -0.2) is 24.9 Å². The maximum absolute atomic E-state index is 10.7. The molecule has 0 spiro atoms. The highest BCUT2D eigenvalue weighted by molar-refractivity contribution is 5.58. The maximum Gasteiger partial charge on any atom is 0.240 e. The van der Waals surface area contributed by atoms with Gasteiger partial charge in [0.2, 0.25) is 12.2 Å². The highest BCUT2D eigenvalue weighted by Gasteiger charge is 2.35. The standard InChI is InChI=1S/C22H24N2O4/c1-16(2)21(28-20-12-8-6-10-18(20)24-15-26)22(3,4)13-27-19-11-7-5-9-17(19)23-14-25/h5-12,16,21H,13H2,1-4H3. The van der Waals surface area contributed by atoms with E-state index in [0.717, 1.165) is 0 Å². The monoisotopic (exact) mass is 380 g/mol. The Morgan fingerprint density at radius 2 is 1.39 bits per heavy atom. The zero-order valence-corrected chi connectivity index (χ0v) is 16.5. The fourth-order valence-electron chi connectivity index (χ4n) is 3.10. The van der Waals surface area contributed by atoms with Crippen molar-refractivity contribution in [2.24, 2.45) is 21.3 Å². The molecular weight excluding hydrogens is 356 g/mol. The summed E-state index contributed by atoms with van der Waals surface area (Å²) in [5, 5.41) is 0. The Hall–Kier alpha value is -3.20. The molecule has 2 aromatic carbocycles. The zero-order valence-electron chi connectivity index (χ0n) is 16.5. The average molecular weight is 380 g/mol. The molecule has 0 fully saturated rings. The average Bonchev–Trinajstić information content (AvgIpc) is 2.66. The van der Waals surface area contributed by atoms with E-state index in [1.807, 2.05) is 26.0 Å². The topological polar surface area (TPSA) is 77.3 Å². The van der Waals surface area contributed by atoms with E-state index < -0.39 is 5.41 Å². The van der Waals surface area contributed by atoms with Gasteiger partial charge in [-0.1, -0.05) is 52.0 Å². The Balaban J connectivity index is 2.23. The van der Waals surface area contributed by atoms with Crippen molar-refractivity contribution in [3.05, 3.63) is 48.5 Å². The molecule has 0 bridgehead atoms. The molecule has 0 aromatic heterocycles. The van der Waals surface area contributed by atoms with Crippen molar-refractivity contribution in [3.63, 3.8) is 0 Å². The number of rotatable bonds is 9. The van der Waals surface area contributed by atoms with Gasteiger partial charge in [0.1, 0.15) is 29.0 Å². The second-order valence-corrected chi connectivity index (χ2v) is 7.40. The van der Waals surface area contributed by atoms with E-state index in [4.69, 9.17) is 9.47 Å². The highest BCUT2D eigenvalue weighted by atomic mass is 16.5.